The Morgan fingerprint density at radius 2 is 1.52 bits per heavy atom. The van der Waals surface area contributed by atoms with Crippen molar-refractivity contribution >= 4 is 28.6 Å². The van der Waals surface area contributed by atoms with Crippen LogP contribution in [0.1, 0.15) is 111 Å². The number of ether oxygens (including phenoxy) is 3. The number of allylic oxidation sites excluding steroid dienone is 2. The molecule has 0 amide bonds. The number of aryl methyl sites for hydroxylation is 3. The minimum atomic E-state index is -2.12. The highest BCUT2D eigenvalue weighted by Gasteiger charge is 2.47. The Labute approximate surface area is 317 Å². The molecule has 292 valence electrons. The molecule has 1 aromatic rings. The summed E-state index contributed by atoms with van der Waals surface area (Å²) in [4.78, 5) is 27.0. The first-order chi connectivity index (χ1) is 23.9. The van der Waals surface area contributed by atoms with E-state index in [1.807, 2.05) is 20.8 Å². The summed E-state index contributed by atoms with van der Waals surface area (Å²) in [7, 11) is -4.16. The number of hydrogen-bond donors (Lipinski definition) is 0. The van der Waals surface area contributed by atoms with Gasteiger partial charge in [0, 0.05) is 18.8 Å². The molecule has 52 heavy (non-hydrogen) atoms. The molecular weight excluding hydrogens is 685 g/mol. The zero-order valence-corrected chi connectivity index (χ0v) is 37.1. The summed E-state index contributed by atoms with van der Waals surface area (Å²) in [5, 5.41) is 0.109. The predicted molar refractivity (Wildman–Crippen MR) is 216 cm³/mol. The number of carbonyl (C=O) groups excluding carboxylic acids is 2. The fraction of sp³-hybridized carbons (Fsp3) is 0.721. The zero-order valence-electron chi connectivity index (χ0n) is 35.1. The monoisotopic (exact) mass is 754 g/mol. The van der Waals surface area contributed by atoms with Crippen molar-refractivity contribution in [1.29, 1.82) is 0 Å². The Kier molecular flexibility index (Phi) is 13.3. The quantitative estimate of drug-likeness (QED) is 0.155. The van der Waals surface area contributed by atoms with Crippen LogP contribution in [0, 0.1) is 38.5 Å². The number of hydrogen-bond acceptors (Lipinski definition) is 7. The van der Waals surface area contributed by atoms with Gasteiger partial charge >= 0.3 is 11.9 Å². The lowest BCUT2D eigenvalue weighted by molar-refractivity contribution is -0.164. The lowest BCUT2D eigenvalue weighted by Gasteiger charge is -2.46. The Hall–Kier alpha value is -2.21. The summed E-state index contributed by atoms with van der Waals surface area (Å²) in [5.41, 5.74) is 4.37. The molecule has 2 aliphatic carbocycles. The molecule has 1 unspecified atom stereocenters. The lowest BCUT2D eigenvalue weighted by Crippen LogP contribution is -2.49. The van der Waals surface area contributed by atoms with Gasteiger partial charge in [0.05, 0.1) is 18.6 Å². The molecule has 0 N–H and O–H groups in total. The minimum Gasteiger partial charge on any atom is -0.478 e. The Morgan fingerprint density at radius 3 is 2.10 bits per heavy atom. The second-order valence-electron chi connectivity index (χ2n) is 19.1. The van der Waals surface area contributed by atoms with Crippen molar-refractivity contribution in [3.05, 3.63) is 52.6 Å². The standard InChI is InChI=1S/C43H70O7Si2/c1-16-36(47-40-29(4)21-27(2)22-30(40)5)41(45)48-37-25-33(49-51(12,13)42(6,7)8)23-31-18-17-28(3)35(39(31)37)20-19-32-24-34(26-38(44)46-32)50-52(14,15)43(9,10)11/h17-18,21-23,28,32-37,39H,16,19-20,24-26H2,1-15H3/t28-,32+,33+,34+,35-,36?,37-,39-/m0/s1. The summed E-state index contributed by atoms with van der Waals surface area (Å²) in [5.74, 6) is 0.718. The fourth-order valence-corrected chi connectivity index (χ4v) is 10.3. The Balaban J connectivity index is 1.59. The molecule has 8 atom stereocenters. The van der Waals surface area contributed by atoms with Crippen molar-refractivity contribution in [2.24, 2.45) is 17.8 Å². The molecule has 0 bridgehead atoms. The van der Waals surface area contributed by atoms with Gasteiger partial charge in [-0.25, -0.2) is 4.79 Å². The number of carbonyl (C=O) groups is 2. The van der Waals surface area contributed by atoms with E-state index < -0.39 is 22.7 Å². The van der Waals surface area contributed by atoms with Gasteiger partial charge in [-0.05, 0) is 105 Å². The molecular formula is C43H70O7Si2. The molecule has 9 heteroatoms. The maximum absolute atomic E-state index is 14.1. The molecule has 1 fully saturated rings. The minimum absolute atomic E-state index is 0.00198. The average molecular weight is 755 g/mol. The lowest BCUT2D eigenvalue weighted by atomic mass is 9.66. The number of esters is 2. The summed E-state index contributed by atoms with van der Waals surface area (Å²) in [6, 6.07) is 4.18. The number of fused-ring (bicyclic) bond motifs is 1. The van der Waals surface area contributed by atoms with Gasteiger partial charge in [-0.15, -0.1) is 0 Å². The molecule has 0 radical (unpaired) electrons. The predicted octanol–water partition coefficient (Wildman–Crippen LogP) is 10.7. The first-order valence-electron chi connectivity index (χ1n) is 19.8. The summed E-state index contributed by atoms with van der Waals surface area (Å²) in [6.07, 6.45) is 8.97. The molecule has 1 heterocycles. The van der Waals surface area contributed by atoms with Gasteiger partial charge in [0.1, 0.15) is 18.0 Å². The summed E-state index contributed by atoms with van der Waals surface area (Å²) >= 11 is 0. The van der Waals surface area contributed by atoms with Crippen molar-refractivity contribution in [2.45, 2.75) is 181 Å². The van der Waals surface area contributed by atoms with Gasteiger partial charge in [-0.2, -0.15) is 0 Å². The van der Waals surface area contributed by atoms with Crippen LogP contribution in [0.4, 0.5) is 0 Å². The van der Waals surface area contributed by atoms with E-state index in [9.17, 15) is 9.59 Å². The van der Waals surface area contributed by atoms with Crippen LogP contribution in [0.2, 0.25) is 36.3 Å². The molecule has 1 aromatic carbocycles. The Bertz CT molecular complexity index is 1470. The van der Waals surface area contributed by atoms with Crippen molar-refractivity contribution in [3.63, 3.8) is 0 Å². The normalized spacial score (nSPS) is 27.7. The second-order valence-corrected chi connectivity index (χ2v) is 28.6. The Morgan fingerprint density at radius 1 is 0.923 bits per heavy atom. The van der Waals surface area contributed by atoms with Crippen LogP contribution in [0.3, 0.4) is 0 Å². The highest BCUT2D eigenvalue weighted by molar-refractivity contribution is 6.74. The SMILES string of the molecule is CCC(Oc1c(C)cc(C)cc1C)C(=O)O[C@H]1C[C@H](O[Si](C)(C)C(C)(C)C)C=C2C=C[C@H](C)[C@H](CC[C@@H]3C[C@@H](O[Si](C)(C)C(C)(C)C)CC(=O)O3)[C@H]21. The van der Waals surface area contributed by atoms with E-state index in [4.69, 9.17) is 23.1 Å². The van der Waals surface area contributed by atoms with E-state index in [1.54, 1.807) is 0 Å². The molecule has 7 nitrogen and oxygen atoms in total. The van der Waals surface area contributed by atoms with Crippen LogP contribution < -0.4 is 4.74 Å². The van der Waals surface area contributed by atoms with Crippen LogP contribution in [0.25, 0.3) is 0 Å². The first-order valence-corrected chi connectivity index (χ1v) is 25.6. The van der Waals surface area contributed by atoms with E-state index in [2.05, 4.69) is 112 Å². The molecule has 0 saturated carbocycles. The highest BCUT2D eigenvalue weighted by atomic mass is 28.4. The smallest absolute Gasteiger partial charge is 0.347 e. The maximum Gasteiger partial charge on any atom is 0.347 e. The van der Waals surface area contributed by atoms with E-state index in [0.29, 0.717) is 19.3 Å². The van der Waals surface area contributed by atoms with Crippen LogP contribution in [-0.2, 0) is 27.9 Å². The van der Waals surface area contributed by atoms with Gasteiger partial charge in [-0.3, -0.25) is 4.79 Å². The third kappa shape index (κ3) is 10.1. The van der Waals surface area contributed by atoms with Gasteiger partial charge in [0.25, 0.3) is 0 Å². The van der Waals surface area contributed by atoms with Gasteiger partial charge in [0.2, 0.25) is 0 Å². The maximum atomic E-state index is 14.1. The second kappa shape index (κ2) is 16.3. The van der Waals surface area contributed by atoms with Crippen LogP contribution in [0.15, 0.2) is 35.9 Å². The topological polar surface area (TPSA) is 80.3 Å². The van der Waals surface area contributed by atoms with Crippen molar-refractivity contribution in [1.82, 2.24) is 0 Å². The van der Waals surface area contributed by atoms with Crippen molar-refractivity contribution in [3.8, 4) is 5.75 Å². The third-order valence-electron chi connectivity index (χ3n) is 12.7. The molecule has 3 aliphatic rings. The first kappa shape index (κ1) is 42.5. The fourth-order valence-electron chi connectivity index (χ4n) is 7.71. The number of cyclic esters (lactones) is 1. The number of rotatable bonds is 12. The van der Waals surface area contributed by atoms with E-state index >= 15 is 0 Å². The third-order valence-corrected chi connectivity index (χ3v) is 21.7. The van der Waals surface area contributed by atoms with Crippen molar-refractivity contribution < 1.29 is 32.7 Å². The largest absolute Gasteiger partial charge is 0.478 e. The van der Waals surface area contributed by atoms with E-state index in [1.165, 1.54) is 11.1 Å². The average Bonchev–Trinajstić information content (AvgIpc) is 2.98. The molecule has 1 saturated heterocycles. The van der Waals surface area contributed by atoms with Gasteiger partial charge in [0.15, 0.2) is 22.7 Å². The molecule has 0 aromatic heterocycles. The molecule has 4 rings (SSSR count). The molecule has 0 spiro atoms. The highest BCUT2D eigenvalue weighted by Crippen LogP contribution is 2.47. The van der Waals surface area contributed by atoms with Crippen LogP contribution in [0.5, 0.6) is 5.75 Å². The van der Waals surface area contributed by atoms with E-state index in [-0.39, 0.29) is 64.2 Å². The van der Waals surface area contributed by atoms with Crippen LogP contribution in [-0.4, -0.2) is 59.1 Å². The van der Waals surface area contributed by atoms with E-state index in [0.717, 1.165) is 36.1 Å². The van der Waals surface area contributed by atoms with Gasteiger partial charge in [-0.1, -0.05) is 91.3 Å². The zero-order chi connectivity index (χ0) is 39.0. The molecule has 1 aliphatic heterocycles. The summed E-state index contributed by atoms with van der Waals surface area (Å²) in [6.45, 7) is 32.9. The van der Waals surface area contributed by atoms with Crippen LogP contribution >= 0.6 is 0 Å². The van der Waals surface area contributed by atoms with Gasteiger partial charge < -0.3 is 23.1 Å². The summed E-state index contributed by atoms with van der Waals surface area (Å²) < 4.78 is 32.7. The van der Waals surface area contributed by atoms with Crippen molar-refractivity contribution in [2.75, 3.05) is 0 Å². The number of benzene rings is 1.